The summed E-state index contributed by atoms with van der Waals surface area (Å²) in [5, 5.41) is 14.0. The topological polar surface area (TPSA) is 77.0 Å². The number of aliphatic hydroxyl groups excluding tert-OH is 1. The van der Waals surface area contributed by atoms with Crippen LogP contribution in [0, 0.1) is 5.92 Å². The van der Waals surface area contributed by atoms with E-state index in [1.807, 2.05) is 24.3 Å². The highest BCUT2D eigenvalue weighted by Gasteiger charge is 2.52. The Labute approximate surface area is 135 Å². The van der Waals surface area contributed by atoms with Crippen LogP contribution in [0.1, 0.15) is 17.9 Å². The summed E-state index contributed by atoms with van der Waals surface area (Å²) in [5.41, 5.74) is 0.974. The number of methoxy groups -OCH3 is 2. The van der Waals surface area contributed by atoms with Crippen LogP contribution in [-0.4, -0.2) is 56.7 Å². The number of aliphatic hydroxyl groups is 1. The molecule has 1 aliphatic carbocycles. The van der Waals surface area contributed by atoms with Crippen LogP contribution in [0.2, 0.25) is 0 Å². The van der Waals surface area contributed by atoms with Gasteiger partial charge in [-0.25, -0.2) is 0 Å². The monoisotopic (exact) mass is 321 g/mol. The van der Waals surface area contributed by atoms with E-state index in [1.54, 1.807) is 7.11 Å². The quantitative estimate of drug-likeness (QED) is 0.614. The highest BCUT2D eigenvalue weighted by atomic mass is 16.5. The molecule has 0 aromatic heterocycles. The lowest BCUT2D eigenvalue weighted by Gasteiger charge is -2.40. The van der Waals surface area contributed by atoms with E-state index in [1.165, 1.54) is 7.11 Å². The van der Waals surface area contributed by atoms with Gasteiger partial charge in [-0.1, -0.05) is 18.2 Å². The van der Waals surface area contributed by atoms with Crippen LogP contribution < -0.4 is 10.1 Å². The highest BCUT2D eigenvalue weighted by molar-refractivity contribution is 5.75. The van der Waals surface area contributed by atoms with Crippen molar-refractivity contribution in [2.45, 2.75) is 30.6 Å². The molecule has 0 bridgehead atoms. The van der Waals surface area contributed by atoms with Gasteiger partial charge in [0.1, 0.15) is 18.0 Å². The third kappa shape index (κ3) is 2.94. The predicted molar refractivity (Wildman–Crippen MR) is 83.4 cm³/mol. The lowest BCUT2D eigenvalue weighted by molar-refractivity contribution is -0.151. The first kappa shape index (κ1) is 16.2. The van der Waals surface area contributed by atoms with Crippen LogP contribution in [-0.2, 0) is 14.3 Å². The van der Waals surface area contributed by atoms with E-state index in [-0.39, 0.29) is 23.8 Å². The van der Waals surface area contributed by atoms with Crippen molar-refractivity contribution >= 4 is 5.97 Å². The number of nitrogens with one attached hydrogen (secondary N) is 1. The molecule has 126 valence electrons. The summed E-state index contributed by atoms with van der Waals surface area (Å²) in [6.45, 7) is 1.15. The summed E-state index contributed by atoms with van der Waals surface area (Å²) in [5.74, 6) is -0.0232. The molecule has 0 radical (unpaired) electrons. The van der Waals surface area contributed by atoms with Crippen molar-refractivity contribution in [2.24, 2.45) is 5.92 Å². The Morgan fingerprint density at radius 2 is 2.17 bits per heavy atom. The molecule has 3 rings (SSSR count). The minimum absolute atomic E-state index is 0.172. The molecule has 1 aromatic carbocycles. The summed E-state index contributed by atoms with van der Waals surface area (Å²) in [6.07, 6.45) is -0.619. The highest BCUT2D eigenvalue weighted by Crippen LogP contribution is 2.48. The molecule has 0 saturated heterocycles. The average molecular weight is 321 g/mol. The zero-order chi connectivity index (χ0) is 16.4. The fraction of sp³-hybridized carbons (Fsp3) is 0.588. The minimum atomic E-state index is -0.690. The number of rotatable bonds is 5. The van der Waals surface area contributed by atoms with E-state index in [0.29, 0.717) is 19.6 Å². The summed E-state index contributed by atoms with van der Waals surface area (Å²) in [7, 11) is 3.03. The van der Waals surface area contributed by atoms with Crippen LogP contribution in [0.4, 0.5) is 0 Å². The van der Waals surface area contributed by atoms with Gasteiger partial charge < -0.3 is 24.6 Å². The minimum Gasteiger partial charge on any atom is -0.487 e. The molecule has 2 aliphatic rings. The zero-order valence-corrected chi connectivity index (χ0v) is 13.4. The number of carbonyl (C=O) groups is 1. The van der Waals surface area contributed by atoms with Gasteiger partial charge in [-0.3, -0.25) is 4.79 Å². The van der Waals surface area contributed by atoms with Gasteiger partial charge in [0, 0.05) is 31.2 Å². The Kier molecular flexibility index (Phi) is 4.84. The van der Waals surface area contributed by atoms with Gasteiger partial charge in [-0.15, -0.1) is 0 Å². The molecular formula is C17H23NO5. The van der Waals surface area contributed by atoms with Crippen molar-refractivity contribution in [3.05, 3.63) is 29.8 Å². The van der Waals surface area contributed by atoms with Gasteiger partial charge in [0.15, 0.2) is 0 Å². The number of carbonyl (C=O) groups excluding carboxylic acids is 1. The van der Waals surface area contributed by atoms with Crippen molar-refractivity contribution in [1.29, 1.82) is 0 Å². The second kappa shape index (κ2) is 6.86. The zero-order valence-electron chi connectivity index (χ0n) is 13.4. The molecule has 1 aromatic rings. The maximum Gasteiger partial charge on any atom is 0.309 e. The first-order valence-electron chi connectivity index (χ1n) is 7.91. The normalized spacial score (nSPS) is 31.9. The van der Waals surface area contributed by atoms with Crippen molar-refractivity contribution < 1.29 is 24.1 Å². The number of hydrogen-bond acceptors (Lipinski definition) is 6. The molecule has 6 nitrogen and oxygen atoms in total. The van der Waals surface area contributed by atoms with Gasteiger partial charge in [0.25, 0.3) is 0 Å². The van der Waals surface area contributed by atoms with Crippen LogP contribution in [0.5, 0.6) is 5.75 Å². The first-order valence-corrected chi connectivity index (χ1v) is 7.91. The molecule has 6 heteroatoms. The molecule has 1 fully saturated rings. The van der Waals surface area contributed by atoms with E-state index in [2.05, 4.69) is 5.32 Å². The van der Waals surface area contributed by atoms with E-state index < -0.39 is 12.2 Å². The lowest BCUT2D eigenvalue weighted by Crippen LogP contribution is -2.57. The second-order valence-electron chi connectivity index (χ2n) is 6.06. The Hall–Kier alpha value is -1.63. The Morgan fingerprint density at radius 3 is 2.91 bits per heavy atom. The van der Waals surface area contributed by atoms with Gasteiger partial charge in [0.2, 0.25) is 0 Å². The third-order valence-corrected chi connectivity index (χ3v) is 4.80. The van der Waals surface area contributed by atoms with Crippen LogP contribution in [0.3, 0.4) is 0 Å². The molecule has 5 atom stereocenters. The van der Waals surface area contributed by atoms with Gasteiger partial charge in [-0.05, 0) is 12.5 Å². The van der Waals surface area contributed by atoms with Crippen molar-refractivity contribution in [1.82, 2.24) is 5.32 Å². The Balaban J connectivity index is 1.86. The number of benzene rings is 1. The molecular weight excluding hydrogens is 298 g/mol. The number of hydrogen-bond donors (Lipinski definition) is 2. The van der Waals surface area contributed by atoms with Gasteiger partial charge >= 0.3 is 5.97 Å². The number of esters is 1. The molecule has 1 aliphatic heterocycles. The maximum atomic E-state index is 12.3. The molecule has 2 N–H and O–H groups in total. The van der Waals surface area contributed by atoms with Crippen LogP contribution >= 0.6 is 0 Å². The lowest BCUT2D eigenvalue weighted by atomic mass is 9.71. The maximum absolute atomic E-state index is 12.3. The Bertz CT molecular complexity index is 564. The molecule has 1 saturated carbocycles. The molecule has 0 amide bonds. The number of ether oxygens (including phenoxy) is 3. The smallest absolute Gasteiger partial charge is 0.309 e. The van der Waals surface area contributed by atoms with E-state index in [0.717, 1.165) is 11.3 Å². The SMILES string of the molecule is COCCN[C@@H]1CC(C(=O)OC)[C@@H]2c3ccccc3O[C@@H]2[C@H]1O. The predicted octanol–water partition coefficient (Wildman–Crippen LogP) is 0.690. The van der Waals surface area contributed by atoms with E-state index in [9.17, 15) is 9.90 Å². The van der Waals surface area contributed by atoms with Crippen LogP contribution in [0.15, 0.2) is 24.3 Å². The fourth-order valence-corrected chi connectivity index (χ4v) is 3.72. The van der Waals surface area contributed by atoms with Crippen molar-refractivity contribution in [3.63, 3.8) is 0 Å². The van der Waals surface area contributed by atoms with Crippen molar-refractivity contribution in [2.75, 3.05) is 27.4 Å². The second-order valence-corrected chi connectivity index (χ2v) is 6.06. The van der Waals surface area contributed by atoms with Gasteiger partial charge in [0.05, 0.1) is 19.6 Å². The Morgan fingerprint density at radius 1 is 1.39 bits per heavy atom. The summed E-state index contributed by atoms with van der Waals surface area (Å²) in [6, 6.07) is 7.42. The summed E-state index contributed by atoms with van der Waals surface area (Å²) in [4.78, 5) is 12.3. The third-order valence-electron chi connectivity index (χ3n) is 4.80. The summed E-state index contributed by atoms with van der Waals surface area (Å²) < 4.78 is 16.0. The largest absolute Gasteiger partial charge is 0.487 e. The standard InChI is InChI=1S/C17H23NO5/c1-21-8-7-18-12-9-11(17(20)22-2)14-10-5-3-4-6-13(10)23-16(14)15(12)19/h3-6,11-12,14-16,18-19H,7-9H2,1-2H3/t11?,12-,14+,15+,16+/m1/s1. The average Bonchev–Trinajstić information content (AvgIpc) is 2.96. The van der Waals surface area contributed by atoms with E-state index >= 15 is 0 Å². The summed E-state index contributed by atoms with van der Waals surface area (Å²) >= 11 is 0. The number of para-hydroxylation sites is 1. The van der Waals surface area contributed by atoms with Crippen molar-refractivity contribution in [3.8, 4) is 5.75 Å². The van der Waals surface area contributed by atoms with Crippen LogP contribution in [0.25, 0.3) is 0 Å². The fourth-order valence-electron chi connectivity index (χ4n) is 3.72. The first-order chi connectivity index (χ1) is 11.2. The molecule has 1 unspecified atom stereocenters. The number of fused-ring (bicyclic) bond motifs is 3. The van der Waals surface area contributed by atoms with Gasteiger partial charge in [-0.2, -0.15) is 0 Å². The molecule has 23 heavy (non-hydrogen) atoms. The van der Waals surface area contributed by atoms with E-state index in [4.69, 9.17) is 14.2 Å². The molecule has 0 spiro atoms. The molecule has 1 heterocycles.